The highest BCUT2D eigenvalue weighted by Gasteiger charge is 2.16. The summed E-state index contributed by atoms with van der Waals surface area (Å²) >= 11 is 0. The fourth-order valence-corrected chi connectivity index (χ4v) is 1.25. The molecule has 1 rings (SSSR count). The number of aliphatic hydroxyl groups excluding tert-OH is 1. The summed E-state index contributed by atoms with van der Waals surface area (Å²) in [6.07, 6.45) is 0.585. The van der Waals surface area contributed by atoms with Crippen molar-refractivity contribution >= 4 is 5.91 Å². The van der Waals surface area contributed by atoms with Crippen molar-refractivity contribution in [1.82, 2.24) is 5.32 Å². The normalized spacial score (nSPS) is 12.1. The number of para-hydroxylation sites is 1. The third kappa shape index (κ3) is 2.64. The highest BCUT2D eigenvalue weighted by atomic mass is 16.3. The van der Waals surface area contributed by atoms with Crippen LogP contribution in [0.25, 0.3) is 0 Å². The predicted molar refractivity (Wildman–Crippen MR) is 58.4 cm³/mol. The number of carbonyl (C=O) groups is 1. The van der Waals surface area contributed by atoms with Gasteiger partial charge in [-0.1, -0.05) is 13.0 Å². The molecule has 5 nitrogen and oxygen atoms in total. The molecule has 0 fully saturated rings. The first kappa shape index (κ1) is 12.3. The second kappa shape index (κ2) is 5.37. The number of benzene rings is 1. The van der Waals surface area contributed by atoms with Crippen molar-refractivity contribution in [3.8, 4) is 11.5 Å². The number of nitrogens with one attached hydrogen (secondary N) is 1. The van der Waals surface area contributed by atoms with Gasteiger partial charge in [0, 0.05) is 0 Å². The molecule has 0 saturated carbocycles. The highest BCUT2D eigenvalue weighted by Crippen LogP contribution is 2.27. The average Bonchev–Trinajstić information content (AvgIpc) is 2.29. The lowest BCUT2D eigenvalue weighted by Crippen LogP contribution is -2.36. The topological polar surface area (TPSA) is 89.8 Å². The Morgan fingerprint density at radius 1 is 1.44 bits per heavy atom. The van der Waals surface area contributed by atoms with Gasteiger partial charge in [0.2, 0.25) is 0 Å². The van der Waals surface area contributed by atoms with Crippen LogP contribution in [0.2, 0.25) is 0 Å². The number of aliphatic hydroxyl groups is 1. The van der Waals surface area contributed by atoms with Crippen molar-refractivity contribution in [3.05, 3.63) is 23.8 Å². The van der Waals surface area contributed by atoms with Crippen LogP contribution in [-0.4, -0.2) is 33.9 Å². The maximum absolute atomic E-state index is 11.7. The monoisotopic (exact) mass is 225 g/mol. The van der Waals surface area contributed by atoms with Gasteiger partial charge in [0.25, 0.3) is 5.91 Å². The lowest BCUT2D eigenvalue weighted by atomic mass is 10.1. The van der Waals surface area contributed by atoms with Gasteiger partial charge in [-0.05, 0) is 18.6 Å². The lowest BCUT2D eigenvalue weighted by molar-refractivity contribution is 0.0911. The molecule has 88 valence electrons. The van der Waals surface area contributed by atoms with Crippen LogP contribution in [0.5, 0.6) is 11.5 Å². The van der Waals surface area contributed by atoms with E-state index in [0.717, 1.165) is 0 Å². The van der Waals surface area contributed by atoms with E-state index >= 15 is 0 Å². The number of rotatable bonds is 4. The van der Waals surface area contributed by atoms with Crippen LogP contribution in [0.3, 0.4) is 0 Å². The smallest absolute Gasteiger partial charge is 0.255 e. The SMILES string of the molecule is CC[C@H](CO)NC(=O)c1cccc(O)c1O. The Kier molecular flexibility index (Phi) is 4.13. The van der Waals surface area contributed by atoms with E-state index in [9.17, 15) is 15.0 Å². The molecule has 1 atom stereocenters. The molecule has 16 heavy (non-hydrogen) atoms. The molecule has 0 aromatic heterocycles. The van der Waals surface area contributed by atoms with Gasteiger partial charge < -0.3 is 20.6 Å². The van der Waals surface area contributed by atoms with E-state index in [1.807, 2.05) is 6.92 Å². The molecule has 0 saturated heterocycles. The number of carbonyl (C=O) groups excluding carboxylic acids is 1. The molecule has 0 heterocycles. The molecule has 1 aromatic rings. The lowest BCUT2D eigenvalue weighted by Gasteiger charge is -2.14. The van der Waals surface area contributed by atoms with Crippen LogP contribution in [-0.2, 0) is 0 Å². The van der Waals surface area contributed by atoms with Crippen molar-refractivity contribution < 1.29 is 20.1 Å². The summed E-state index contributed by atoms with van der Waals surface area (Å²) in [6.45, 7) is 1.66. The van der Waals surface area contributed by atoms with E-state index in [-0.39, 0.29) is 24.0 Å². The fraction of sp³-hybridized carbons (Fsp3) is 0.364. The molecular formula is C11H15NO4. The quantitative estimate of drug-likeness (QED) is 0.565. The van der Waals surface area contributed by atoms with Crippen molar-refractivity contribution in [3.63, 3.8) is 0 Å². The van der Waals surface area contributed by atoms with Gasteiger partial charge in [-0.2, -0.15) is 0 Å². The number of hydrogen-bond donors (Lipinski definition) is 4. The van der Waals surface area contributed by atoms with E-state index in [1.165, 1.54) is 18.2 Å². The van der Waals surface area contributed by atoms with E-state index in [2.05, 4.69) is 5.32 Å². The minimum atomic E-state index is -0.519. The zero-order valence-corrected chi connectivity index (χ0v) is 8.97. The molecule has 0 radical (unpaired) electrons. The molecule has 0 spiro atoms. The molecule has 0 aliphatic carbocycles. The summed E-state index contributed by atoms with van der Waals surface area (Å²) in [5.41, 5.74) is -0.00750. The highest BCUT2D eigenvalue weighted by molar-refractivity contribution is 5.97. The minimum absolute atomic E-state index is 0.00750. The number of aromatic hydroxyl groups is 2. The Bertz CT molecular complexity index is 374. The molecule has 0 bridgehead atoms. The van der Waals surface area contributed by atoms with E-state index < -0.39 is 11.7 Å². The van der Waals surface area contributed by atoms with Crippen molar-refractivity contribution in [2.75, 3.05) is 6.61 Å². The van der Waals surface area contributed by atoms with E-state index in [4.69, 9.17) is 5.11 Å². The Hall–Kier alpha value is -1.75. The number of phenolic OH excluding ortho intramolecular Hbond substituents is 2. The molecule has 0 unspecified atom stereocenters. The van der Waals surface area contributed by atoms with Crippen LogP contribution < -0.4 is 5.32 Å². The van der Waals surface area contributed by atoms with E-state index in [0.29, 0.717) is 6.42 Å². The van der Waals surface area contributed by atoms with Crippen LogP contribution in [0.4, 0.5) is 0 Å². The molecule has 5 heteroatoms. The van der Waals surface area contributed by atoms with Crippen molar-refractivity contribution in [2.45, 2.75) is 19.4 Å². The number of hydrogen-bond acceptors (Lipinski definition) is 4. The minimum Gasteiger partial charge on any atom is -0.504 e. The second-order valence-electron chi connectivity index (χ2n) is 3.43. The fourth-order valence-electron chi connectivity index (χ4n) is 1.25. The first-order valence-electron chi connectivity index (χ1n) is 5.02. The number of amides is 1. The molecule has 0 aliphatic rings. The van der Waals surface area contributed by atoms with Gasteiger partial charge in [0.15, 0.2) is 11.5 Å². The maximum atomic E-state index is 11.7. The number of phenols is 2. The van der Waals surface area contributed by atoms with Gasteiger partial charge in [-0.3, -0.25) is 4.79 Å². The Balaban J connectivity index is 2.84. The largest absolute Gasteiger partial charge is 0.504 e. The summed E-state index contributed by atoms with van der Waals surface area (Å²) in [5, 5.41) is 30.1. The zero-order chi connectivity index (χ0) is 12.1. The van der Waals surface area contributed by atoms with Crippen molar-refractivity contribution in [2.24, 2.45) is 0 Å². The van der Waals surface area contributed by atoms with Crippen LogP contribution >= 0.6 is 0 Å². The summed E-state index contributed by atoms with van der Waals surface area (Å²) < 4.78 is 0. The predicted octanol–water partition coefficient (Wildman–Crippen LogP) is 0.599. The molecular weight excluding hydrogens is 210 g/mol. The van der Waals surface area contributed by atoms with Gasteiger partial charge in [0.1, 0.15) is 0 Å². The second-order valence-corrected chi connectivity index (χ2v) is 3.43. The van der Waals surface area contributed by atoms with Gasteiger partial charge in [0.05, 0.1) is 18.2 Å². The maximum Gasteiger partial charge on any atom is 0.255 e. The molecule has 4 N–H and O–H groups in total. The summed E-state index contributed by atoms with van der Waals surface area (Å²) in [6, 6.07) is 3.79. The third-order valence-electron chi connectivity index (χ3n) is 2.31. The van der Waals surface area contributed by atoms with E-state index in [1.54, 1.807) is 0 Å². The Morgan fingerprint density at radius 2 is 2.12 bits per heavy atom. The first-order valence-corrected chi connectivity index (χ1v) is 5.02. The summed E-state index contributed by atoms with van der Waals surface area (Å²) in [4.78, 5) is 11.7. The van der Waals surface area contributed by atoms with Gasteiger partial charge in [-0.25, -0.2) is 0 Å². The third-order valence-corrected chi connectivity index (χ3v) is 2.31. The molecule has 1 aromatic carbocycles. The Labute approximate surface area is 93.4 Å². The van der Waals surface area contributed by atoms with Crippen LogP contribution in [0.1, 0.15) is 23.7 Å². The summed E-state index contributed by atoms with van der Waals surface area (Å²) in [7, 11) is 0. The Morgan fingerprint density at radius 3 is 2.69 bits per heavy atom. The van der Waals surface area contributed by atoms with Crippen LogP contribution in [0.15, 0.2) is 18.2 Å². The van der Waals surface area contributed by atoms with Gasteiger partial charge >= 0.3 is 0 Å². The zero-order valence-electron chi connectivity index (χ0n) is 8.97. The average molecular weight is 225 g/mol. The van der Waals surface area contributed by atoms with Crippen molar-refractivity contribution in [1.29, 1.82) is 0 Å². The first-order chi connectivity index (χ1) is 7.60. The van der Waals surface area contributed by atoms with Gasteiger partial charge in [-0.15, -0.1) is 0 Å². The standard InChI is InChI=1S/C11H15NO4/c1-2-7(6-13)12-11(16)8-4-3-5-9(14)10(8)15/h3-5,7,13-15H,2,6H2,1H3,(H,12,16)/t7-/m1/s1. The molecule has 0 aliphatic heterocycles. The van der Waals surface area contributed by atoms with Crippen LogP contribution in [0, 0.1) is 0 Å². The summed E-state index contributed by atoms with van der Waals surface area (Å²) in [5.74, 6) is -1.31. The molecule has 1 amide bonds.